The number of hydrogen-bond donors (Lipinski definition) is 1. The van der Waals surface area contributed by atoms with Crippen LogP contribution in [-0.2, 0) is 12.8 Å². The predicted molar refractivity (Wildman–Crippen MR) is 105 cm³/mol. The predicted octanol–water partition coefficient (Wildman–Crippen LogP) is 5.73. The molecule has 0 heterocycles. The van der Waals surface area contributed by atoms with Gasteiger partial charge in [0.15, 0.2) is 0 Å². The quantitative estimate of drug-likeness (QED) is 0.598. The molecule has 0 saturated carbocycles. The second kappa shape index (κ2) is 8.50. The van der Waals surface area contributed by atoms with Crippen LogP contribution in [0.2, 0.25) is 0 Å². The highest BCUT2D eigenvalue weighted by Gasteiger charge is 2.16. The molecule has 0 amide bonds. The van der Waals surface area contributed by atoms with E-state index in [4.69, 9.17) is 5.16 Å². The second-order valence-corrected chi connectivity index (χ2v) is 9.59. The van der Waals surface area contributed by atoms with Gasteiger partial charge in [-0.2, -0.15) is 0 Å². The zero-order valence-electron chi connectivity index (χ0n) is 14.8. The van der Waals surface area contributed by atoms with E-state index in [1.807, 2.05) is 0 Å². The first-order chi connectivity index (χ1) is 11.1. The van der Waals surface area contributed by atoms with Gasteiger partial charge < -0.3 is 5.16 Å². The van der Waals surface area contributed by atoms with E-state index in [9.17, 15) is 0 Å². The Bertz CT molecular complexity index is 585. The summed E-state index contributed by atoms with van der Waals surface area (Å²) in [4.78, 5) is 0. The lowest BCUT2D eigenvalue weighted by Crippen LogP contribution is -2.14. The number of benzene rings is 2. The Morgan fingerprint density at radius 1 is 0.696 bits per heavy atom. The average molecular weight is 327 g/mol. The van der Waals surface area contributed by atoms with E-state index < -0.39 is 7.05 Å². The van der Waals surface area contributed by atoms with Crippen molar-refractivity contribution in [2.24, 2.45) is 0 Å². The lowest BCUT2D eigenvalue weighted by atomic mass is 10.1. The molecule has 0 aromatic heterocycles. The fourth-order valence-electron chi connectivity index (χ4n) is 2.83. The molecule has 2 aromatic carbocycles. The third-order valence-electron chi connectivity index (χ3n) is 4.54. The molecule has 0 saturated heterocycles. The highest BCUT2D eigenvalue weighted by molar-refractivity contribution is 7.79. The van der Waals surface area contributed by atoms with Gasteiger partial charge >= 0.3 is 0 Å². The Hall–Kier alpha value is -1.33. The minimum atomic E-state index is -1.99. The van der Waals surface area contributed by atoms with Crippen LogP contribution in [0.5, 0.6) is 0 Å². The summed E-state index contributed by atoms with van der Waals surface area (Å²) in [6.07, 6.45) is 7.24. The van der Waals surface area contributed by atoms with Gasteiger partial charge in [0.25, 0.3) is 0 Å². The molecule has 1 nitrogen and oxygen atoms in total. The lowest BCUT2D eigenvalue weighted by Gasteiger charge is -2.19. The Morgan fingerprint density at radius 2 is 1.04 bits per heavy atom. The first kappa shape index (κ1) is 18.0. The van der Waals surface area contributed by atoms with Crippen molar-refractivity contribution in [2.45, 2.75) is 52.4 Å². The monoisotopic (exact) mass is 327 g/mol. The number of unbranched alkanes of at least 4 members (excludes halogenated alkanes) is 2. The molecule has 124 valence electrons. The van der Waals surface area contributed by atoms with E-state index in [0.717, 1.165) is 12.8 Å². The fraction of sp³-hybridized carbons (Fsp3) is 0.429. The van der Waals surface area contributed by atoms with Crippen LogP contribution in [0.1, 0.15) is 50.7 Å². The number of rotatable bonds is 8. The highest BCUT2D eigenvalue weighted by atomic mass is 31.2. The van der Waals surface area contributed by atoms with Crippen molar-refractivity contribution in [3.63, 3.8) is 0 Å². The lowest BCUT2D eigenvalue weighted by molar-refractivity contribution is 0.795. The summed E-state index contributed by atoms with van der Waals surface area (Å²) >= 11 is 0. The van der Waals surface area contributed by atoms with E-state index in [1.165, 1.54) is 47.4 Å². The third kappa shape index (κ3) is 4.82. The molecule has 0 aliphatic carbocycles. The second-order valence-electron chi connectivity index (χ2n) is 6.55. The molecule has 2 rings (SSSR count). The van der Waals surface area contributed by atoms with Crippen LogP contribution in [0.25, 0.3) is 0 Å². The molecule has 0 radical (unpaired) electrons. The fourth-order valence-corrected chi connectivity index (χ4v) is 4.62. The van der Waals surface area contributed by atoms with Crippen molar-refractivity contribution < 1.29 is 0 Å². The van der Waals surface area contributed by atoms with E-state index >= 15 is 0 Å². The minimum Gasteiger partial charge on any atom is -0.310 e. The smallest absolute Gasteiger partial charge is 0.0208 e. The van der Waals surface area contributed by atoms with Gasteiger partial charge in [-0.1, -0.05) is 75.2 Å². The van der Waals surface area contributed by atoms with Crippen molar-refractivity contribution in [3.05, 3.63) is 59.7 Å². The first-order valence-electron chi connectivity index (χ1n) is 8.88. The molecule has 2 aromatic rings. The van der Waals surface area contributed by atoms with Crippen LogP contribution in [0, 0.1) is 5.16 Å². The van der Waals surface area contributed by atoms with Crippen LogP contribution >= 0.6 is 7.05 Å². The minimum absolute atomic E-state index is 1.15. The van der Waals surface area contributed by atoms with Crippen molar-refractivity contribution in [1.82, 2.24) is 0 Å². The summed E-state index contributed by atoms with van der Waals surface area (Å²) in [6.45, 7) is 6.56. The largest absolute Gasteiger partial charge is 0.310 e. The van der Waals surface area contributed by atoms with Gasteiger partial charge in [0.05, 0.1) is 0 Å². The van der Waals surface area contributed by atoms with E-state index in [1.54, 1.807) is 0 Å². The Kier molecular flexibility index (Phi) is 6.66. The van der Waals surface area contributed by atoms with Crippen LogP contribution in [-0.4, -0.2) is 6.66 Å². The summed E-state index contributed by atoms with van der Waals surface area (Å²) in [7, 11) is -1.99. The van der Waals surface area contributed by atoms with Crippen LogP contribution in [0.3, 0.4) is 0 Å². The Balaban J connectivity index is 2.15. The molecule has 0 bridgehead atoms. The number of hydrogen-bond acceptors (Lipinski definition) is 1. The maximum absolute atomic E-state index is 8.94. The highest BCUT2D eigenvalue weighted by Crippen LogP contribution is 2.39. The van der Waals surface area contributed by atoms with Crippen molar-refractivity contribution in [1.29, 1.82) is 5.16 Å². The van der Waals surface area contributed by atoms with Gasteiger partial charge in [0.2, 0.25) is 0 Å². The summed E-state index contributed by atoms with van der Waals surface area (Å²) in [6, 6.07) is 17.6. The molecule has 0 unspecified atom stereocenters. The van der Waals surface area contributed by atoms with Crippen LogP contribution in [0.15, 0.2) is 48.5 Å². The Morgan fingerprint density at radius 3 is 1.35 bits per heavy atom. The van der Waals surface area contributed by atoms with Crippen molar-refractivity contribution in [2.75, 3.05) is 6.66 Å². The number of nitrogens with one attached hydrogen (secondary N) is 1. The SMILES string of the molecule is CCCCc1ccc(P(C)(=N)c2ccc(CCCC)cc2)cc1. The summed E-state index contributed by atoms with van der Waals surface area (Å²) in [5.41, 5.74) is 2.79. The molecule has 2 heteroatoms. The van der Waals surface area contributed by atoms with Gasteiger partial charge in [0, 0.05) is 7.05 Å². The van der Waals surface area contributed by atoms with E-state index in [0.29, 0.717) is 0 Å². The van der Waals surface area contributed by atoms with Crippen LogP contribution in [0.4, 0.5) is 0 Å². The van der Waals surface area contributed by atoms with Gasteiger partial charge in [0.1, 0.15) is 0 Å². The molecule has 1 N–H and O–H groups in total. The molecular formula is C21H30NP. The van der Waals surface area contributed by atoms with Crippen molar-refractivity contribution >= 4 is 17.7 Å². The number of aryl methyl sites for hydroxylation is 2. The molecule has 0 aliphatic rings. The summed E-state index contributed by atoms with van der Waals surface area (Å²) in [5, 5.41) is 11.3. The van der Waals surface area contributed by atoms with E-state index in [-0.39, 0.29) is 0 Å². The third-order valence-corrected chi connectivity index (χ3v) is 7.21. The average Bonchev–Trinajstić information content (AvgIpc) is 2.59. The Labute approximate surface area is 142 Å². The van der Waals surface area contributed by atoms with Gasteiger partial charge in [-0.25, -0.2) is 0 Å². The first-order valence-corrected chi connectivity index (χ1v) is 11.1. The summed E-state index contributed by atoms with van der Waals surface area (Å²) in [5.74, 6) is 0. The normalized spacial score (nSPS) is 11.6. The van der Waals surface area contributed by atoms with Gasteiger partial charge in [-0.05, 0) is 54.1 Å². The zero-order chi connectivity index (χ0) is 16.7. The van der Waals surface area contributed by atoms with Gasteiger partial charge in [-0.15, -0.1) is 0 Å². The molecule has 0 aliphatic heterocycles. The van der Waals surface area contributed by atoms with Crippen molar-refractivity contribution in [3.8, 4) is 0 Å². The zero-order valence-corrected chi connectivity index (χ0v) is 15.7. The van der Waals surface area contributed by atoms with Gasteiger partial charge in [-0.3, -0.25) is 0 Å². The molecular weight excluding hydrogens is 297 g/mol. The maximum Gasteiger partial charge on any atom is 0.0208 e. The maximum atomic E-state index is 8.94. The standard InChI is InChI=1S/C21H30NP/c1-4-6-8-18-10-14-20(15-11-18)23(3,22)21-16-12-19(13-17-21)9-7-5-2/h10-17,22H,4-9H2,1-3H3. The molecule has 0 fully saturated rings. The topological polar surface area (TPSA) is 23.9 Å². The van der Waals surface area contributed by atoms with E-state index in [2.05, 4.69) is 69.0 Å². The molecule has 0 atom stereocenters. The molecule has 23 heavy (non-hydrogen) atoms. The van der Waals surface area contributed by atoms with Crippen LogP contribution < -0.4 is 10.6 Å². The molecule has 0 spiro atoms. The summed E-state index contributed by atoms with van der Waals surface area (Å²) < 4.78 is 0.